The molecule has 2 atom stereocenters. The Bertz CT molecular complexity index is 668. The summed E-state index contributed by atoms with van der Waals surface area (Å²) in [4.78, 5) is 11.0. The fraction of sp³-hybridized carbons (Fsp3) is 0.625. The van der Waals surface area contributed by atoms with E-state index in [9.17, 15) is 4.79 Å². The van der Waals surface area contributed by atoms with Crippen LogP contribution >= 0.6 is 0 Å². The van der Waals surface area contributed by atoms with Crippen LogP contribution in [0.3, 0.4) is 0 Å². The van der Waals surface area contributed by atoms with Crippen molar-refractivity contribution in [3.63, 3.8) is 0 Å². The molecule has 0 heterocycles. The maximum Gasteiger partial charge on any atom is 0.304 e. The highest BCUT2D eigenvalue weighted by molar-refractivity contribution is 5.69. The molecule has 3 nitrogen and oxygen atoms in total. The largest absolute Gasteiger partial charge is 0.481 e. The lowest BCUT2D eigenvalue weighted by molar-refractivity contribution is -0.137. The number of benzene rings is 1. The van der Waals surface area contributed by atoms with Crippen LogP contribution in [0.5, 0.6) is 0 Å². The van der Waals surface area contributed by atoms with Gasteiger partial charge in [-0.05, 0) is 55.6 Å². The van der Waals surface area contributed by atoms with Crippen molar-refractivity contribution in [1.29, 1.82) is 0 Å². The average molecular weight is 369 g/mol. The molecule has 2 unspecified atom stereocenters. The zero-order valence-corrected chi connectivity index (χ0v) is 16.5. The zero-order chi connectivity index (χ0) is 19.1. The molecule has 1 aromatic carbocycles. The van der Waals surface area contributed by atoms with Crippen LogP contribution in [-0.4, -0.2) is 17.2 Å². The molecule has 3 heteroatoms. The van der Waals surface area contributed by atoms with Crippen molar-refractivity contribution in [3.8, 4) is 11.8 Å². The first-order valence-corrected chi connectivity index (χ1v) is 10.4. The molecule has 1 N–H and O–H groups in total. The Morgan fingerprint density at radius 1 is 1.19 bits per heavy atom. The third-order valence-corrected chi connectivity index (χ3v) is 6.37. The maximum atomic E-state index is 11.0. The number of carboxylic acid groups (broad SMARTS) is 1. The van der Waals surface area contributed by atoms with Crippen LogP contribution in [0, 0.1) is 17.3 Å². The number of rotatable bonds is 6. The summed E-state index contributed by atoms with van der Waals surface area (Å²) in [5, 5.41) is 9.07. The Kier molecular flexibility index (Phi) is 6.96. The van der Waals surface area contributed by atoms with E-state index < -0.39 is 5.97 Å². The van der Waals surface area contributed by atoms with Crippen molar-refractivity contribution in [3.05, 3.63) is 35.4 Å². The van der Waals surface area contributed by atoms with Gasteiger partial charge in [0.1, 0.15) is 0 Å². The van der Waals surface area contributed by atoms with Gasteiger partial charge in [-0.25, -0.2) is 0 Å². The molecule has 2 fully saturated rings. The first-order chi connectivity index (χ1) is 13.1. The number of carbonyl (C=O) groups is 1. The summed E-state index contributed by atoms with van der Waals surface area (Å²) in [7, 11) is 0. The molecule has 0 aromatic heterocycles. The molecule has 0 bridgehead atoms. The topological polar surface area (TPSA) is 46.5 Å². The number of aliphatic carboxylic acids is 1. The molecular weight excluding hydrogens is 336 g/mol. The van der Waals surface area contributed by atoms with Gasteiger partial charge in [0.15, 0.2) is 0 Å². The number of ether oxygens (including phenoxy) is 1. The summed E-state index contributed by atoms with van der Waals surface area (Å²) in [5.41, 5.74) is 2.68. The van der Waals surface area contributed by atoms with Gasteiger partial charge in [-0.3, -0.25) is 4.79 Å². The molecule has 0 amide bonds. The predicted octanol–water partition coefficient (Wildman–Crippen LogP) is 5.68. The van der Waals surface area contributed by atoms with E-state index in [1.807, 2.05) is 12.1 Å². The van der Waals surface area contributed by atoms with Gasteiger partial charge in [0.2, 0.25) is 0 Å². The van der Waals surface area contributed by atoms with Gasteiger partial charge in [-0.1, -0.05) is 55.9 Å². The van der Waals surface area contributed by atoms with E-state index in [0.717, 1.165) is 11.1 Å². The van der Waals surface area contributed by atoms with Crippen LogP contribution in [0.25, 0.3) is 0 Å². The number of carboxylic acids is 1. The van der Waals surface area contributed by atoms with Gasteiger partial charge in [0.05, 0.1) is 25.0 Å². The van der Waals surface area contributed by atoms with Crippen LogP contribution in [0.4, 0.5) is 0 Å². The molecule has 2 saturated carbocycles. The lowest BCUT2D eigenvalue weighted by Crippen LogP contribution is -2.34. The predicted molar refractivity (Wildman–Crippen MR) is 107 cm³/mol. The van der Waals surface area contributed by atoms with Gasteiger partial charge in [-0.15, -0.1) is 5.92 Å². The van der Waals surface area contributed by atoms with Crippen LogP contribution in [-0.2, 0) is 16.1 Å². The highest BCUT2D eigenvalue weighted by Crippen LogP contribution is 2.48. The molecule has 1 aromatic rings. The normalized spacial score (nSPS) is 22.6. The molecule has 27 heavy (non-hydrogen) atoms. The summed E-state index contributed by atoms with van der Waals surface area (Å²) < 4.78 is 6.29. The van der Waals surface area contributed by atoms with Gasteiger partial charge < -0.3 is 9.84 Å². The summed E-state index contributed by atoms with van der Waals surface area (Å²) in [6, 6.07) is 8.11. The minimum absolute atomic E-state index is 0.0425. The first kappa shape index (κ1) is 20.0. The van der Waals surface area contributed by atoms with Crippen molar-refractivity contribution in [2.45, 2.75) is 89.8 Å². The lowest BCUT2D eigenvalue weighted by atomic mass is 9.65. The molecular formula is C24H32O3. The second kappa shape index (κ2) is 9.42. The fourth-order valence-electron chi connectivity index (χ4n) is 4.95. The lowest BCUT2D eigenvalue weighted by Gasteiger charge is -2.43. The second-order valence-corrected chi connectivity index (χ2v) is 8.38. The summed E-state index contributed by atoms with van der Waals surface area (Å²) in [6.07, 6.45) is 12.5. The van der Waals surface area contributed by atoms with Gasteiger partial charge in [0, 0.05) is 0 Å². The Hall–Kier alpha value is -1.79. The van der Waals surface area contributed by atoms with E-state index in [1.165, 1.54) is 57.8 Å². The van der Waals surface area contributed by atoms with Gasteiger partial charge in [0.25, 0.3) is 0 Å². The summed E-state index contributed by atoms with van der Waals surface area (Å²) >= 11 is 0. The van der Waals surface area contributed by atoms with Crippen molar-refractivity contribution in [2.75, 3.05) is 0 Å². The van der Waals surface area contributed by atoms with E-state index in [1.54, 1.807) is 6.92 Å². The smallest absolute Gasteiger partial charge is 0.304 e. The van der Waals surface area contributed by atoms with Crippen molar-refractivity contribution < 1.29 is 14.6 Å². The Labute approximate surface area is 163 Å². The molecule has 2 aliphatic carbocycles. The van der Waals surface area contributed by atoms with E-state index in [4.69, 9.17) is 9.84 Å². The highest BCUT2D eigenvalue weighted by atomic mass is 16.5. The van der Waals surface area contributed by atoms with Crippen molar-refractivity contribution >= 4 is 5.97 Å². The summed E-state index contributed by atoms with van der Waals surface area (Å²) in [6.45, 7) is 2.39. The van der Waals surface area contributed by atoms with Crippen LogP contribution < -0.4 is 0 Å². The van der Waals surface area contributed by atoms with Gasteiger partial charge >= 0.3 is 5.97 Å². The monoisotopic (exact) mass is 368 g/mol. The fourth-order valence-corrected chi connectivity index (χ4v) is 4.95. The number of hydrogen-bond donors (Lipinski definition) is 1. The molecule has 1 spiro atoms. The SMILES string of the molecule is CC#CC(CC(=O)O)c1ccc(COC2CCCC3(CCCCC3)C2)cc1. The molecule has 2 aliphatic rings. The molecule has 0 radical (unpaired) electrons. The second-order valence-electron chi connectivity index (χ2n) is 8.38. The quantitative estimate of drug-likeness (QED) is 0.657. The van der Waals surface area contributed by atoms with Crippen LogP contribution in [0.1, 0.15) is 88.2 Å². The zero-order valence-electron chi connectivity index (χ0n) is 16.5. The van der Waals surface area contributed by atoms with E-state index >= 15 is 0 Å². The highest BCUT2D eigenvalue weighted by Gasteiger charge is 2.37. The Morgan fingerprint density at radius 2 is 1.89 bits per heavy atom. The maximum absolute atomic E-state index is 11.0. The van der Waals surface area contributed by atoms with E-state index in [0.29, 0.717) is 18.1 Å². The number of hydrogen-bond acceptors (Lipinski definition) is 2. The third kappa shape index (κ3) is 5.59. The van der Waals surface area contributed by atoms with E-state index in [-0.39, 0.29) is 12.3 Å². The third-order valence-electron chi connectivity index (χ3n) is 6.37. The average Bonchev–Trinajstić information content (AvgIpc) is 2.67. The van der Waals surface area contributed by atoms with Crippen LogP contribution in [0.2, 0.25) is 0 Å². The minimum atomic E-state index is -0.816. The molecule has 0 aliphatic heterocycles. The van der Waals surface area contributed by atoms with Crippen LogP contribution in [0.15, 0.2) is 24.3 Å². The Morgan fingerprint density at radius 3 is 2.56 bits per heavy atom. The first-order valence-electron chi connectivity index (χ1n) is 10.4. The standard InChI is InChI=1S/C24H32O3/c1-2-7-21(16-23(25)26)20-11-9-19(10-12-20)18-27-22-8-6-15-24(17-22)13-4-3-5-14-24/h9-12,21-22H,3-6,8,13-18H2,1H3,(H,25,26). The Balaban J connectivity index is 1.55. The van der Waals surface area contributed by atoms with Crippen molar-refractivity contribution in [2.24, 2.45) is 5.41 Å². The molecule has 0 saturated heterocycles. The molecule has 146 valence electrons. The van der Waals surface area contributed by atoms with Crippen molar-refractivity contribution in [1.82, 2.24) is 0 Å². The summed E-state index contributed by atoms with van der Waals surface area (Å²) in [5.74, 6) is 4.79. The molecule has 3 rings (SSSR count). The van der Waals surface area contributed by atoms with E-state index in [2.05, 4.69) is 24.0 Å². The van der Waals surface area contributed by atoms with Gasteiger partial charge in [-0.2, -0.15) is 0 Å². The minimum Gasteiger partial charge on any atom is -0.481 e.